The lowest BCUT2D eigenvalue weighted by Crippen LogP contribution is -2.19. The summed E-state index contributed by atoms with van der Waals surface area (Å²) in [4.78, 5) is 10.4. The lowest BCUT2D eigenvalue weighted by atomic mass is 10.1. The first-order valence-corrected chi connectivity index (χ1v) is 6.94. The summed E-state index contributed by atoms with van der Waals surface area (Å²) in [6.07, 6.45) is 3.33. The van der Waals surface area contributed by atoms with Crippen LogP contribution in [0.3, 0.4) is 0 Å². The van der Waals surface area contributed by atoms with E-state index in [-0.39, 0.29) is 0 Å². The molecule has 1 atom stereocenters. The molecule has 1 aromatic carbocycles. The molecule has 1 saturated heterocycles. The maximum Gasteiger partial charge on any atom is 0.508 e. The van der Waals surface area contributed by atoms with E-state index in [9.17, 15) is 4.79 Å². The van der Waals surface area contributed by atoms with Crippen molar-refractivity contribution in [1.82, 2.24) is 0 Å². The minimum atomic E-state index is -1.27. The van der Waals surface area contributed by atoms with Gasteiger partial charge in [-0.2, -0.15) is 0 Å². The van der Waals surface area contributed by atoms with Crippen LogP contribution < -0.4 is 4.74 Å². The van der Waals surface area contributed by atoms with Crippen LogP contribution in [-0.2, 0) is 9.47 Å². The molecule has 0 radical (unpaired) electrons. The van der Waals surface area contributed by atoms with Crippen molar-refractivity contribution in [3.05, 3.63) is 30.3 Å². The zero-order chi connectivity index (χ0) is 14.3. The Morgan fingerprint density at radius 3 is 2.55 bits per heavy atom. The number of unbranched alkanes of at least 4 members (excludes halogenated alkanes) is 3. The first kappa shape index (κ1) is 14.7. The summed E-state index contributed by atoms with van der Waals surface area (Å²) in [5.74, 6) is 0.0551. The fraction of sp³-hybridized carbons (Fsp3) is 0.533. The van der Waals surface area contributed by atoms with Crippen LogP contribution in [0.2, 0.25) is 0 Å². The van der Waals surface area contributed by atoms with Gasteiger partial charge in [0.25, 0.3) is 0 Å². The molecular weight excluding hydrogens is 260 g/mol. The van der Waals surface area contributed by atoms with Crippen LogP contribution in [0.15, 0.2) is 30.3 Å². The molecule has 0 aliphatic carbocycles. The van der Waals surface area contributed by atoms with E-state index in [0.29, 0.717) is 19.6 Å². The highest BCUT2D eigenvalue weighted by Crippen LogP contribution is 2.34. The second-order valence-electron chi connectivity index (χ2n) is 4.89. The Morgan fingerprint density at radius 2 is 1.90 bits per heavy atom. The molecule has 0 spiro atoms. The van der Waals surface area contributed by atoms with E-state index in [1.54, 1.807) is 0 Å². The molecule has 5 heteroatoms. The number of benzene rings is 1. The summed E-state index contributed by atoms with van der Waals surface area (Å²) in [6.45, 7) is 1.09. The van der Waals surface area contributed by atoms with Crippen LogP contribution in [0.25, 0.3) is 0 Å². The van der Waals surface area contributed by atoms with Gasteiger partial charge in [-0.3, -0.25) is 0 Å². The van der Waals surface area contributed by atoms with E-state index in [1.165, 1.54) is 0 Å². The molecule has 0 bridgehead atoms. The second kappa shape index (κ2) is 7.14. The number of hydrogen-bond donors (Lipinski definition) is 1. The molecule has 20 heavy (non-hydrogen) atoms. The molecule has 0 unspecified atom stereocenters. The summed E-state index contributed by atoms with van der Waals surface area (Å²) in [7, 11) is 0. The third kappa shape index (κ3) is 5.09. The molecule has 0 aromatic heterocycles. The number of para-hydroxylation sites is 1. The van der Waals surface area contributed by atoms with E-state index < -0.39 is 11.9 Å². The predicted octanol–water partition coefficient (Wildman–Crippen LogP) is 3.44. The summed E-state index contributed by atoms with van der Waals surface area (Å²) in [5.41, 5.74) is 0. The third-order valence-corrected chi connectivity index (χ3v) is 3.20. The quantitative estimate of drug-likeness (QED) is 0.426. The summed E-state index contributed by atoms with van der Waals surface area (Å²) in [5, 5.41) is 8.55. The third-order valence-electron chi connectivity index (χ3n) is 3.20. The van der Waals surface area contributed by atoms with Crippen LogP contribution >= 0.6 is 0 Å². The van der Waals surface area contributed by atoms with Gasteiger partial charge in [-0.15, -0.1) is 0 Å². The zero-order valence-electron chi connectivity index (χ0n) is 11.4. The highest BCUT2D eigenvalue weighted by Gasteiger charge is 2.48. The van der Waals surface area contributed by atoms with Gasteiger partial charge in [-0.1, -0.05) is 31.0 Å². The monoisotopic (exact) mass is 280 g/mol. The SMILES string of the molecule is O=C(O)O[C@]1(CCCCCCOc2ccccc2)CO1. The lowest BCUT2D eigenvalue weighted by Gasteiger charge is -2.10. The molecule has 5 nitrogen and oxygen atoms in total. The number of ether oxygens (including phenoxy) is 3. The molecule has 1 N–H and O–H groups in total. The minimum Gasteiger partial charge on any atom is -0.494 e. The van der Waals surface area contributed by atoms with Crippen LogP contribution in [0.1, 0.15) is 32.1 Å². The summed E-state index contributed by atoms with van der Waals surface area (Å²) in [6, 6.07) is 9.75. The lowest BCUT2D eigenvalue weighted by molar-refractivity contribution is -0.0245. The van der Waals surface area contributed by atoms with E-state index in [2.05, 4.69) is 0 Å². The second-order valence-corrected chi connectivity index (χ2v) is 4.89. The Hall–Kier alpha value is -1.75. The molecule has 1 fully saturated rings. The average Bonchev–Trinajstić information content (AvgIpc) is 3.18. The van der Waals surface area contributed by atoms with Gasteiger partial charge in [0.1, 0.15) is 12.4 Å². The van der Waals surface area contributed by atoms with Gasteiger partial charge in [-0.25, -0.2) is 4.79 Å². The maximum absolute atomic E-state index is 10.4. The van der Waals surface area contributed by atoms with Crippen molar-refractivity contribution in [2.75, 3.05) is 13.2 Å². The number of carbonyl (C=O) groups is 1. The fourth-order valence-electron chi connectivity index (χ4n) is 2.05. The molecule has 1 aromatic rings. The molecule has 2 rings (SSSR count). The van der Waals surface area contributed by atoms with Gasteiger partial charge in [-0.05, 0) is 25.0 Å². The Labute approximate surface area is 118 Å². The van der Waals surface area contributed by atoms with Crippen LogP contribution in [0, 0.1) is 0 Å². The normalized spacial score (nSPS) is 20.4. The number of rotatable bonds is 9. The van der Waals surface area contributed by atoms with E-state index in [0.717, 1.165) is 31.4 Å². The van der Waals surface area contributed by atoms with Gasteiger partial charge in [0.2, 0.25) is 5.79 Å². The fourth-order valence-corrected chi connectivity index (χ4v) is 2.05. The smallest absolute Gasteiger partial charge is 0.494 e. The Bertz CT molecular complexity index is 414. The van der Waals surface area contributed by atoms with Gasteiger partial charge in [0.15, 0.2) is 0 Å². The predicted molar refractivity (Wildman–Crippen MR) is 72.8 cm³/mol. The van der Waals surface area contributed by atoms with Crippen LogP contribution in [0.4, 0.5) is 4.79 Å². The Morgan fingerprint density at radius 1 is 1.20 bits per heavy atom. The van der Waals surface area contributed by atoms with Crippen molar-refractivity contribution in [3.8, 4) is 5.75 Å². The van der Waals surface area contributed by atoms with E-state index in [4.69, 9.17) is 19.3 Å². The largest absolute Gasteiger partial charge is 0.508 e. The topological polar surface area (TPSA) is 68.3 Å². The highest BCUT2D eigenvalue weighted by molar-refractivity contribution is 5.57. The highest BCUT2D eigenvalue weighted by atomic mass is 16.8. The number of hydrogen-bond acceptors (Lipinski definition) is 4. The Kier molecular flexibility index (Phi) is 5.24. The van der Waals surface area contributed by atoms with E-state index >= 15 is 0 Å². The van der Waals surface area contributed by atoms with Crippen molar-refractivity contribution in [2.24, 2.45) is 0 Å². The first-order chi connectivity index (χ1) is 9.70. The van der Waals surface area contributed by atoms with Gasteiger partial charge in [0.05, 0.1) is 6.61 Å². The van der Waals surface area contributed by atoms with Crippen LogP contribution in [0.5, 0.6) is 5.75 Å². The van der Waals surface area contributed by atoms with Crippen molar-refractivity contribution >= 4 is 6.16 Å². The molecule has 1 aliphatic rings. The van der Waals surface area contributed by atoms with Crippen LogP contribution in [-0.4, -0.2) is 30.3 Å². The molecule has 1 heterocycles. The molecule has 0 saturated carbocycles. The Balaban J connectivity index is 1.47. The van der Waals surface area contributed by atoms with Crippen molar-refractivity contribution in [2.45, 2.75) is 37.9 Å². The van der Waals surface area contributed by atoms with Crippen molar-refractivity contribution in [3.63, 3.8) is 0 Å². The summed E-state index contributed by atoms with van der Waals surface area (Å²) < 4.78 is 15.4. The molecular formula is C15H20O5. The van der Waals surface area contributed by atoms with Gasteiger partial charge in [0, 0.05) is 6.42 Å². The van der Waals surface area contributed by atoms with Gasteiger partial charge < -0.3 is 19.3 Å². The molecule has 0 amide bonds. The molecule has 110 valence electrons. The average molecular weight is 280 g/mol. The maximum atomic E-state index is 10.4. The zero-order valence-corrected chi connectivity index (χ0v) is 11.4. The number of carboxylic acid groups (broad SMARTS) is 1. The minimum absolute atomic E-state index is 0.385. The standard InChI is InChI=1S/C15H20O5/c16-14(17)20-15(12-19-15)10-6-1-2-7-11-18-13-8-4-3-5-9-13/h3-5,8-9H,1-2,6-7,10-12H2,(H,16,17)/t15-/m1/s1. The van der Waals surface area contributed by atoms with Gasteiger partial charge >= 0.3 is 6.16 Å². The number of epoxide rings is 1. The van der Waals surface area contributed by atoms with Crippen molar-refractivity contribution in [1.29, 1.82) is 0 Å². The van der Waals surface area contributed by atoms with Crippen molar-refractivity contribution < 1.29 is 24.1 Å². The first-order valence-electron chi connectivity index (χ1n) is 6.94. The summed E-state index contributed by atoms with van der Waals surface area (Å²) >= 11 is 0. The van der Waals surface area contributed by atoms with E-state index in [1.807, 2.05) is 30.3 Å². The molecule has 1 aliphatic heterocycles.